The molecule has 1 aliphatic rings. The molecule has 0 saturated carbocycles. The molecule has 2 N–H and O–H groups in total. The average molecular weight is 302 g/mol. The third kappa shape index (κ3) is 2.55. The Morgan fingerprint density at radius 3 is 2.70 bits per heavy atom. The molecule has 1 aromatic carbocycles. The summed E-state index contributed by atoms with van der Waals surface area (Å²) in [7, 11) is -3.56. The predicted molar refractivity (Wildman–Crippen MR) is 73.3 cm³/mol. The van der Waals surface area contributed by atoms with E-state index in [9.17, 15) is 17.6 Å². The van der Waals surface area contributed by atoms with Crippen LogP contribution in [0.2, 0.25) is 0 Å². The monoisotopic (exact) mass is 302 g/mol. The van der Waals surface area contributed by atoms with Crippen LogP contribution in [0.25, 0.3) is 0 Å². The van der Waals surface area contributed by atoms with E-state index in [2.05, 4.69) is 5.32 Å². The molecule has 0 spiro atoms. The van der Waals surface area contributed by atoms with Crippen molar-refractivity contribution < 1.29 is 22.7 Å². The summed E-state index contributed by atoms with van der Waals surface area (Å²) in [6, 6.07) is 2.49. The van der Waals surface area contributed by atoms with E-state index >= 15 is 0 Å². The first kappa shape index (κ1) is 14.6. The van der Waals surface area contributed by atoms with Crippen molar-refractivity contribution >= 4 is 27.4 Å². The van der Waals surface area contributed by atoms with Crippen LogP contribution in [0.1, 0.15) is 23.7 Å². The number of nitrogens with zero attached hydrogens (tertiary/aromatic N) is 1. The lowest BCUT2D eigenvalue weighted by molar-refractivity contribution is 0.0692. The number of anilines is 2. The molecule has 1 heterocycles. The van der Waals surface area contributed by atoms with Gasteiger partial charge in [-0.05, 0) is 25.5 Å². The molecule has 0 aromatic heterocycles. The van der Waals surface area contributed by atoms with Crippen molar-refractivity contribution in [2.75, 3.05) is 28.5 Å². The standard InChI is InChI=1S/C12H15FN2O4S/c1-2-14-8-6-9(12(16)17)11(13)10(7-8)15-4-3-5-20(15,18)19/h6-7,14H,2-5H2,1H3,(H,16,17). The van der Waals surface area contributed by atoms with Crippen molar-refractivity contribution in [1.82, 2.24) is 0 Å². The number of benzene rings is 1. The first-order chi connectivity index (χ1) is 9.36. The minimum absolute atomic E-state index is 0.0553. The van der Waals surface area contributed by atoms with Gasteiger partial charge in [-0.15, -0.1) is 0 Å². The second-order valence-electron chi connectivity index (χ2n) is 4.43. The molecule has 1 aromatic rings. The van der Waals surface area contributed by atoms with E-state index in [4.69, 9.17) is 5.11 Å². The lowest BCUT2D eigenvalue weighted by Gasteiger charge is -2.20. The fraction of sp³-hybridized carbons (Fsp3) is 0.417. The molecule has 110 valence electrons. The summed E-state index contributed by atoms with van der Waals surface area (Å²) < 4.78 is 38.9. The van der Waals surface area contributed by atoms with Crippen LogP contribution in [0.4, 0.5) is 15.8 Å². The van der Waals surface area contributed by atoms with Gasteiger partial charge in [-0.2, -0.15) is 0 Å². The zero-order valence-corrected chi connectivity index (χ0v) is 11.7. The summed E-state index contributed by atoms with van der Waals surface area (Å²) >= 11 is 0. The van der Waals surface area contributed by atoms with Gasteiger partial charge in [-0.25, -0.2) is 17.6 Å². The Labute approximate surface area is 116 Å². The Morgan fingerprint density at radius 2 is 2.20 bits per heavy atom. The Balaban J connectivity index is 2.59. The van der Waals surface area contributed by atoms with Crippen LogP contribution in [-0.2, 0) is 10.0 Å². The fourth-order valence-electron chi connectivity index (χ4n) is 2.16. The maximum Gasteiger partial charge on any atom is 0.338 e. The van der Waals surface area contributed by atoms with Crippen molar-refractivity contribution in [2.24, 2.45) is 0 Å². The van der Waals surface area contributed by atoms with E-state index in [0.29, 0.717) is 18.7 Å². The van der Waals surface area contributed by atoms with Gasteiger partial charge in [0.1, 0.15) is 0 Å². The molecule has 1 fully saturated rings. The lowest BCUT2D eigenvalue weighted by Crippen LogP contribution is -2.27. The first-order valence-electron chi connectivity index (χ1n) is 6.18. The number of carboxylic acids is 1. The number of carbonyl (C=O) groups is 1. The van der Waals surface area contributed by atoms with E-state index < -0.39 is 27.4 Å². The summed E-state index contributed by atoms with van der Waals surface area (Å²) in [5.41, 5.74) is -0.373. The molecule has 2 rings (SSSR count). The second kappa shape index (κ2) is 5.28. The van der Waals surface area contributed by atoms with Crippen LogP contribution in [0.5, 0.6) is 0 Å². The normalized spacial score (nSPS) is 17.2. The summed E-state index contributed by atoms with van der Waals surface area (Å²) in [6.07, 6.45) is 0.398. The highest BCUT2D eigenvalue weighted by molar-refractivity contribution is 7.93. The molecular formula is C12H15FN2O4S. The molecule has 0 atom stereocenters. The van der Waals surface area contributed by atoms with Gasteiger partial charge in [0.05, 0.1) is 17.0 Å². The number of aromatic carboxylic acids is 1. The quantitative estimate of drug-likeness (QED) is 0.880. The highest BCUT2D eigenvalue weighted by atomic mass is 32.2. The summed E-state index contributed by atoms with van der Waals surface area (Å²) in [5.74, 6) is -2.51. The Kier molecular flexibility index (Phi) is 3.85. The molecule has 0 amide bonds. The van der Waals surface area contributed by atoms with E-state index in [0.717, 1.165) is 10.4 Å². The lowest BCUT2D eigenvalue weighted by atomic mass is 10.1. The number of hydrogen-bond donors (Lipinski definition) is 2. The minimum atomic E-state index is -3.56. The van der Waals surface area contributed by atoms with Crippen molar-refractivity contribution in [1.29, 1.82) is 0 Å². The number of halogens is 1. The van der Waals surface area contributed by atoms with Gasteiger partial charge in [0.25, 0.3) is 0 Å². The molecular weight excluding hydrogens is 287 g/mol. The van der Waals surface area contributed by atoms with Crippen LogP contribution in [0, 0.1) is 5.82 Å². The van der Waals surface area contributed by atoms with E-state index in [1.165, 1.54) is 6.07 Å². The summed E-state index contributed by atoms with van der Waals surface area (Å²) in [6.45, 7) is 2.47. The van der Waals surface area contributed by atoms with Crippen LogP contribution < -0.4 is 9.62 Å². The summed E-state index contributed by atoms with van der Waals surface area (Å²) in [5, 5.41) is 11.9. The van der Waals surface area contributed by atoms with Crippen LogP contribution in [0.3, 0.4) is 0 Å². The maximum atomic E-state index is 14.2. The molecule has 20 heavy (non-hydrogen) atoms. The van der Waals surface area contributed by atoms with Gasteiger partial charge in [0.15, 0.2) is 5.82 Å². The molecule has 1 aliphatic heterocycles. The molecule has 1 saturated heterocycles. The second-order valence-corrected chi connectivity index (χ2v) is 6.45. The van der Waals surface area contributed by atoms with E-state index in [1.54, 1.807) is 6.92 Å². The third-order valence-corrected chi connectivity index (χ3v) is 4.89. The van der Waals surface area contributed by atoms with Gasteiger partial charge < -0.3 is 10.4 Å². The Hall–Kier alpha value is -1.83. The van der Waals surface area contributed by atoms with Crippen molar-refractivity contribution in [3.05, 3.63) is 23.5 Å². The minimum Gasteiger partial charge on any atom is -0.478 e. The van der Waals surface area contributed by atoms with Gasteiger partial charge in [-0.3, -0.25) is 4.31 Å². The predicted octanol–water partition coefficient (Wildman–Crippen LogP) is 1.50. The number of hydrogen-bond acceptors (Lipinski definition) is 4. The Morgan fingerprint density at radius 1 is 1.50 bits per heavy atom. The molecule has 0 aliphatic carbocycles. The largest absolute Gasteiger partial charge is 0.478 e. The van der Waals surface area contributed by atoms with Crippen molar-refractivity contribution in [2.45, 2.75) is 13.3 Å². The highest BCUT2D eigenvalue weighted by Gasteiger charge is 2.32. The SMILES string of the molecule is CCNc1cc(C(=O)O)c(F)c(N2CCCS2(=O)=O)c1. The fourth-order valence-corrected chi connectivity index (χ4v) is 3.72. The van der Waals surface area contributed by atoms with Crippen LogP contribution in [0.15, 0.2) is 12.1 Å². The third-order valence-electron chi connectivity index (χ3n) is 3.03. The molecule has 0 unspecified atom stereocenters. The topological polar surface area (TPSA) is 86.7 Å². The van der Waals surface area contributed by atoms with Gasteiger partial charge in [0, 0.05) is 18.8 Å². The number of rotatable bonds is 4. The van der Waals surface area contributed by atoms with Gasteiger partial charge in [0.2, 0.25) is 10.0 Å². The number of sulfonamides is 1. The van der Waals surface area contributed by atoms with Crippen LogP contribution >= 0.6 is 0 Å². The van der Waals surface area contributed by atoms with Crippen molar-refractivity contribution in [3.63, 3.8) is 0 Å². The average Bonchev–Trinajstić information content (AvgIpc) is 2.71. The first-order valence-corrected chi connectivity index (χ1v) is 7.79. The smallest absolute Gasteiger partial charge is 0.338 e. The Bertz CT molecular complexity index is 645. The van der Waals surface area contributed by atoms with E-state index in [-0.39, 0.29) is 18.0 Å². The molecule has 0 bridgehead atoms. The van der Waals surface area contributed by atoms with Crippen LogP contribution in [-0.4, -0.2) is 38.3 Å². The van der Waals surface area contributed by atoms with Crippen molar-refractivity contribution in [3.8, 4) is 0 Å². The number of carboxylic acid groups (broad SMARTS) is 1. The van der Waals surface area contributed by atoms with E-state index in [1.807, 2.05) is 0 Å². The molecule has 6 nitrogen and oxygen atoms in total. The summed E-state index contributed by atoms with van der Waals surface area (Å²) in [4.78, 5) is 11.1. The number of nitrogens with one attached hydrogen (secondary N) is 1. The van der Waals surface area contributed by atoms with Gasteiger partial charge in [-0.1, -0.05) is 0 Å². The zero-order valence-electron chi connectivity index (χ0n) is 10.9. The maximum absolute atomic E-state index is 14.2. The van der Waals surface area contributed by atoms with Gasteiger partial charge >= 0.3 is 5.97 Å². The molecule has 8 heteroatoms. The molecule has 0 radical (unpaired) electrons. The highest BCUT2D eigenvalue weighted by Crippen LogP contribution is 2.31. The zero-order chi connectivity index (χ0) is 14.9.